The highest BCUT2D eigenvalue weighted by Gasteiger charge is 2.15. The lowest BCUT2D eigenvalue weighted by Crippen LogP contribution is -2.03. The number of hydrogen-bond donors (Lipinski definition) is 0. The second kappa shape index (κ2) is 6.02. The van der Waals surface area contributed by atoms with E-state index in [9.17, 15) is 0 Å². The third kappa shape index (κ3) is 3.42. The highest BCUT2D eigenvalue weighted by atomic mass is 35.5. The quantitative estimate of drug-likeness (QED) is 0.676. The van der Waals surface area contributed by atoms with Crippen LogP contribution in [0.25, 0.3) is 0 Å². The first-order chi connectivity index (χ1) is 7.19. The maximum Gasteiger partial charge on any atom is 0.118 e. The lowest BCUT2D eigenvalue weighted by Gasteiger charge is -2.17. The first-order valence-electron chi connectivity index (χ1n) is 5.47. The molecule has 0 saturated heterocycles. The van der Waals surface area contributed by atoms with Gasteiger partial charge in [-0.3, -0.25) is 0 Å². The fourth-order valence-electron chi connectivity index (χ4n) is 1.72. The van der Waals surface area contributed by atoms with Gasteiger partial charge in [0.05, 0.1) is 12.5 Å². The molecule has 2 unspecified atom stereocenters. The molecular weight excluding hydrogens is 208 g/mol. The molecule has 2 atom stereocenters. The molecule has 0 heterocycles. The van der Waals surface area contributed by atoms with Crippen molar-refractivity contribution in [2.75, 3.05) is 7.11 Å². The molecule has 0 aliphatic heterocycles. The summed E-state index contributed by atoms with van der Waals surface area (Å²) in [5.74, 6) is 1.40. The van der Waals surface area contributed by atoms with Gasteiger partial charge in [-0.15, -0.1) is 11.6 Å². The SMILES string of the molecule is CCCC(C)C(Cl)c1ccc(OC)cc1. The molecule has 2 heteroatoms. The average Bonchev–Trinajstić information content (AvgIpc) is 2.28. The largest absolute Gasteiger partial charge is 0.497 e. The highest BCUT2D eigenvalue weighted by Crippen LogP contribution is 2.32. The van der Waals surface area contributed by atoms with Crippen molar-refractivity contribution in [3.05, 3.63) is 29.8 Å². The van der Waals surface area contributed by atoms with Crippen molar-refractivity contribution in [3.63, 3.8) is 0 Å². The van der Waals surface area contributed by atoms with E-state index in [2.05, 4.69) is 13.8 Å². The molecule has 0 bridgehead atoms. The Bertz CT molecular complexity index is 281. The highest BCUT2D eigenvalue weighted by molar-refractivity contribution is 6.21. The minimum atomic E-state index is 0.107. The molecule has 84 valence electrons. The Morgan fingerprint density at radius 1 is 1.27 bits per heavy atom. The van der Waals surface area contributed by atoms with Crippen molar-refractivity contribution < 1.29 is 4.74 Å². The van der Waals surface area contributed by atoms with E-state index >= 15 is 0 Å². The van der Waals surface area contributed by atoms with E-state index in [-0.39, 0.29) is 5.38 Å². The molecule has 0 aromatic heterocycles. The smallest absolute Gasteiger partial charge is 0.118 e. The van der Waals surface area contributed by atoms with E-state index in [4.69, 9.17) is 16.3 Å². The Morgan fingerprint density at radius 2 is 1.87 bits per heavy atom. The molecule has 0 aliphatic carbocycles. The lowest BCUT2D eigenvalue weighted by atomic mass is 9.96. The van der Waals surface area contributed by atoms with Gasteiger partial charge in [0.15, 0.2) is 0 Å². The van der Waals surface area contributed by atoms with Crippen molar-refractivity contribution in [2.24, 2.45) is 5.92 Å². The third-order valence-electron chi connectivity index (χ3n) is 2.68. The van der Waals surface area contributed by atoms with Crippen LogP contribution in [0.3, 0.4) is 0 Å². The summed E-state index contributed by atoms with van der Waals surface area (Å²) >= 11 is 6.39. The van der Waals surface area contributed by atoms with Gasteiger partial charge in [-0.25, -0.2) is 0 Å². The third-order valence-corrected chi connectivity index (χ3v) is 3.36. The summed E-state index contributed by atoms with van der Waals surface area (Å²) in [6.45, 7) is 4.39. The molecule has 0 radical (unpaired) electrons. The Morgan fingerprint density at radius 3 is 2.33 bits per heavy atom. The number of methoxy groups -OCH3 is 1. The monoisotopic (exact) mass is 226 g/mol. The molecule has 15 heavy (non-hydrogen) atoms. The summed E-state index contributed by atoms with van der Waals surface area (Å²) in [5.41, 5.74) is 1.18. The van der Waals surface area contributed by atoms with E-state index in [0.717, 1.165) is 5.75 Å². The standard InChI is InChI=1S/C13H19ClO/c1-4-5-10(2)13(14)11-6-8-12(15-3)9-7-11/h6-10,13H,4-5H2,1-3H3. The van der Waals surface area contributed by atoms with Gasteiger partial charge in [0, 0.05) is 0 Å². The van der Waals surface area contributed by atoms with E-state index in [1.165, 1.54) is 18.4 Å². The number of hydrogen-bond acceptors (Lipinski definition) is 1. The zero-order valence-corrected chi connectivity index (χ0v) is 10.4. The summed E-state index contributed by atoms with van der Waals surface area (Å²) in [6, 6.07) is 8.01. The van der Waals surface area contributed by atoms with Crippen LogP contribution in [0.15, 0.2) is 24.3 Å². The zero-order chi connectivity index (χ0) is 11.3. The summed E-state index contributed by atoms with van der Waals surface area (Å²) < 4.78 is 5.11. The molecule has 0 amide bonds. The van der Waals surface area contributed by atoms with Gasteiger partial charge in [-0.1, -0.05) is 32.4 Å². The van der Waals surface area contributed by atoms with Gasteiger partial charge in [-0.2, -0.15) is 0 Å². The van der Waals surface area contributed by atoms with Gasteiger partial charge >= 0.3 is 0 Å². The predicted molar refractivity (Wildman–Crippen MR) is 65.7 cm³/mol. The molecular formula is C13H19ClO. The normalized spacial score (nSPS) is 14.7. The van der Waals surface area contributed by atoms with Gasteiger partial charge < -0.3 is 4.74 Å². The van der Waals surface area contributed by atoms with Crippen molar-refractivity contribution in [2.45, 2.75) is 32.1 Å². The van der Waals surface area contributed by atoms with Crippen LogP contribution in [0.2, 0.25) is 0 Å². The van der Waals surface area contributed by atoms with Gasteiger partial charge in [0.1, 0.15) is 5.75 Å². The molecule has 0 saturated carbocycles. The van der Waals surface area contributed by atoms with Gasteiger partial charge in [0.25, 0.3) is 0 Å². The summed E-state index contributed by atoms with van der Waals surface area (Å²) in [4.78, 5) is 0. The molecule has 1 aromatic carbocycles. The van der Waals surface area contributed by atoms with Crippen molar-refractivity contribution >= 4 is 11.6 Å². The number of ether oxygens (including phenoxy) is 1. The fourth-order valence-corrected chi connectivity index (χ4v) is 1.99. The van der Waals surface area contributed by atoms with Crippen LogP contribution in [-0.4, -0.2) is 7.11 Å². The molecule has 0 spiro atoms. The van der Waals surface area contributed by atoms with Crippen molar-refractivity contribution in [1.82, 2.24) is 0 Å². The average molecular weight is 227 g/mol. The van der Waals surface area contributed by atoms with E-state index < -0.39 is 0 Å². The Kier molecular flexibility index (Phi) is 4.97. The van der Waals surface area contributed by atoms with Crippen LogP contribution >= 0.6 is 11.6 Å². The number of benzene rings is 1. The summed E-state index contributed by atoms with van der Waals surface area (Å²) in [7, 11) is 1.67. The first kappa shape index (κ1) is 12.4. The Hall–Kier alpha value is -0.690. The maximum absolute atomic E-state index is 6.39. The van der Waals surface area contributed by atoms with E-state index in [1.807, 2.05) is 24.3 Å². The number of rotatable bonds is 5. The molecule has 1 aromatic rings. The predicted octanol–water partition coefficient (Wildman–Crippen LogP) is 4.41. The lowest BCUT2D eigenvalue weighted by molar-refractivity contribution is 0.414. The maximum atomic E-state index is 6.39. The van der Waals surface area contributed by atoms with Gasteiger partial charge in [0.2, 0.25) is 0 Å². The minimum absolute atomic E-state index is 0.107. The van der Waals surface area contributed by atoms with Crippen LogP contribution in [-0.2, 0) is 0 Å². The van der Waals surface area contributed by atoms with Crippen molar-refractivity contribution in [1.29, 1.82) is 0 Å². The van der Waals surface area contributed by atoms with Crippen LogP contribution < -0.4 is 4.74 Å². The van der Waals surface area contributed by atoms with Crippen molar-refractivity contribution in [3.8, 4) is 5.75 Å². The Balaban J connectivity index is 2.69. The summed E-state index contributed by atoms with van der Waals surface area (Å²) in [6.07, 6.45) is 2.35. The second-order valence-electron chi connectivity index (χ2n) is 3.94. The Labute approximate surface area is 97.4 Å². The fraction of sp³-hybridized carbons (Fsp3) is 0.538. The minimum Gasteiger partial charge on any atom is -0.497 e. The molecule has 0 N–H and O–H groups in total. The zero-order valence-electron chi connectivity index (χ0n) is 9.66. The number of halogens is 1. The topological polar surface area (TPSA) is 9.23 Å². The van der Waals surface area contributed by atoms with E-state index in [1.54, 1.807) is 7.11 Å². The van der Waals surface area contributed by atoms with Crippen LogP contribution in [0.5, 0.6) is 5.75 Å². The van der Waals surface area contributed by atoms with Crippen LogP contribution in [0.1, 0.15) is 37.6 Å². The molecule has 1 rings (SSSR count). The van der Waals surface area contributed by atoms with Gasteiger partial charge in [-0.05, 0) is 30.0 Å². The summed E-state index contributed by atoms with van der Waals surface area (Å²) in [5, 5.41) is 0.107. The molecule has 0 fully saturated rings. The second-order valence-corrected chi connectivity index (χ2v) is 4.41. The van der Waals surface area contributed by atoms with Crippen LogP contribution in [0.4, 0.5) is 0 Å². The molecule has 0 aliphatic rings. The molecule has 1 nitrogen and oxygen atoms in total. The number of alkyl halides is 1. The van der Waals surface area contributed by atoms with E-state index in [0.29, 0.717) is 5.92 Å². The first-order valence-corrected chi connectivity index (χ1v) is 5.90. The van der Waals surface area contributed by atoms with Crippen LogP contribution in [0, 0.1) is 5.92 Å².